The molecule has 1 aliphatic rings. The van der Waals surface area contributed by atoms with E-state index in [1.165, 1.54) is 45.0 Å². The van der Waals surface area contributed by atoms with Crippen LogP contribution in [0.5, 0.6) is 11.5 Å². The summed E-state index contributed by atoms with van der Waals surface area (Å²) in [5, 5.41) is 5.53. The lowest BCUT2D eigenvalue weighted by Crippen LogP contribution is -2.37. The molecule has 2 amide bonds. The number of allylic oxidation sites excluding steroid dienone is 1. The molecule has 2 heterocycles. The number of aromatic nitrogens is 1. The van der Waals surface area contributed by atoms with Crippen molar-refractivity contribution in [2.75, 3.05) is 38.1 Å². The van der Waals surface area contributed by atoms with Gasteiger partial charge in [-0.2, -0.15) is 0 Å². The number of carbonyl (C=O) groups excluding carboxylic acids is 7. The average Bonchev–Trinajstić information content (AvgIpc) is 3.70. The van der Waals surface area contributed by atoms with E-state index in [0.717, 1.165) is 13.1 Å². The number of anilines is 1. The van der Waals surface area contributed by atoms with Crippen molar-refractivity contribution < 1.29 is 57.2 Å². The molecule has 332 valence electrons. The van der Waals surface area contributed by atoms with Crippen LogP contribution in [0.4, 0.5) is 5.69 Å². The molecule has 0 aliphatic carbocycles. The molecule has 3 atom stereocenters. The normalized spacial score (nSPS) is 14.0. The number of fused-ring (bicyclic) bond motifs is 1. The summed E-state index contributed by atoms with van der Waals surface area (Å²) in [6.45, 7) is 19.0. The van der Waals surface area contributed by atoms with Crippen molar-refractivity contribution in [1.82, 2.24) is 15.2 Å². The maximum Gasteiger partial charge on any atom is 0.352 e. The fourth-order valence-corrected chi connectivity index (χ4v) is 6.62. The molecule has 0 bridgehead atoms. The third-order valence-corrected chi connectivity index (χ3v) is 10.7. The van der Waals surface area contributed by atoms with Crippen molar-refractivity contribution in [2.45, 2.75) is 80.1 Å². The highest BCUT2D eigenvalue weighted by Crippen LogP contribution is 2.37. The number of aryl methyl sites for hydroxylation is 1. The molecule has 0 spiro atoms. The highest BCUT2D eigenvalue weighted by atomic mass is 35.5. The van der Waals surface area contributed by atoms with Gasteiger partial charge in [-0.05, 0) is 102 Å². The van der Waals surface area contributed by atoms with Crippen molar-refractivity contribution in [1.29, 1.82) is 0 Å². The number of ketones is 1. The molecule has 2 aromatic carbocycles. The van der Waals surface area contributed by atoms with E-state index in [-0.39, 0.29) is 44.4 Å². The Morgan fingerprint density at radius 3 is 2.13 bits per heavy atom. The number of likely N-dealkylation sites (N-methyl/N-ethyl adjacent to an activating group) is 1. The largest absolute Gasteiger partial charge is 0.480 e. The monoisotopic (exact) mass is 896 g/mol. The number of hydrogen-bond acceptors (Lipinski definition) is 13. The summed E-state index contributed by atoms with van der Waals surface area (Å²) < 4.78 is 26.2. The molecule has 3 aromatic rings. The van der Waals surface area contributed by atoms with E-state index in [1.807, 2.05) is 0 Å². The summed E-state index contributed by atoms with van der Waals surface area (Å²) in [7, 11) is 0. The maximum absolute atomic E-state index is 13.1. The number of benzene rings is 2. The molecule has 1 aliphatic heterocycles. The van der Waals surface area contributed by atoms with Gasteiger partial charge in [0.05, 0.1) is 16.2 Å². The number of Topliss-reactive ketones (excluding diaryl/α,β-unsaturated/α-hetero) is 1. The number of carbonyl (C=O) groups is 7. The zero-order chi connectivity index (χ0) is 46.0. The molecule has 0 saturated heterocycles. The maximum atomic E-state index is 13.1. The lowest BCUT2D eigenvalue weighted by atomic mass is 10.0. The standard InChI is InChI=1S/C44H50Cl2N4O12/c1-10-22(4)39(52)29-14-16-34(38(46)37(29)45)58-21-35(51)59-25(7)42(55)60-26(8)43(56)61-27(9)44(57)62-28-13-15-32-30(19-28)31(40(53)49-32)20-33-23(5)36(24(6)48-33)41(54)47-17-18-50(11-2)12-3/h13-16,19-20,25-27,48H,4,10-12,17-18,21H2,1-3,5-9H3,(H,47,54)(H,49,53)/b31-20-. The molecule has 4 rings (SSSR count). The third-order valence-electron chi connectivity index (χ3n) is 9.87. The Bertz CT molecular complexity index is 2300. The van der Waals surface area contributed by atoms with E-state index in [2.05, 4.69) is 40.9 Å². The summed E-state index contributed by atoms with van der Waals surface area (Å²) >= 11 is 12.5. The highest BCUT2D eigenvalue weighted by molar-refractivity contribution is 6.45. The predicted molar refractivity (Wildman–Crippen MR) is 231 cm³/mol. The second-order valence-corrected chi connectivity index (χ2v) is 14.9. The fraction of sp³-hybridized carbons (Fsp3) is 0.386. The van der Waals surface area contributed by atoms with Crippen molar-refractivity contribution in [3.8, 4) is 11.5 Å². The lowest BCUT2D eigenvalue weighted by Gasteiger charge is -2.18. The minimum absolute atomic E-state index is 0.0205. The Morgan fingerprint density at radius 2 is 1.50 bits per heavy atom. The number of ether oxygens (including phenoxy) is 5. The molecule has 62 heavy (non-hydrogen) atoms. The Kier molecular flexibility index (Phi) is 17.0. The molecular weight excluding hydrogens is 847 g/mol. The van der Waals surface area contributed by atoms with Gasteiger partial charge in [-0.3, -0.25) is 14.4 Å². The number of nitrogens with zero attached hydrogens (tertiary/aromatic N) is 1. The number of hydrogen-bond donors (Lipinski definition) is 3. The van der Waals surface area contributed by atoms with E-state index >= 15 is 0 Å². The molecule has 0 fully saturated rings. The van der Waals surface area contributed by atoms with E-state index in [0.29, 0.717) is 58.8 Å². The second kappa shape index (κ2) is 21.7. The van der Waals surface area contributed by atoms with Crippen molar-refractivity contribution in [3.63, 3.8) is 0 Å². The molecule has 3 N–H and O–H groups in total. The number of esters is 4. The zero-order valence-electron chi connectivity index (χ0n) is 35.7. The highest BCUT2D eigenvalue weighted by Gasteiger charge is 2.31. The number of rotatable bonds is 20. The van der Waals surface area contributed by atoms with Crippen LogP contribution in [-0.2, 0) is 38.2 Å². The summed E-state index contributed by atoms with van der Waals surface area (Å²) in [5.41, 5.74) is 3.91. The minimum atomic E-state index is -1.52. The first-order chi connectivity index (χ1) is 29.3. The summed E-state index contributed by atoms with van der Waals surface area (Å²) in [6, 6.07) is 7.20. The molecular formula is C44H50Cl2N4O12. The number of amides is 2. The zero-order valence-corrected chi connectivity index (χ0v) is 37.3. The van der Waals surface area contributed by atoms with Gasteiger partial charge in [0.15, 0.2) is 30.7 Å². The average molecular weight is 898 g/mol. The van der Waals surface area contributed by atoms with Crippen molar-refractivity contribution >= 4 is 82.0 Å². The van der Waals surface area contributed by atoms with Gasteiger partial charge in [-0.25, -0.2) is 19.2 Å². The van der Waals surface area contributed by atoms with Crippen LogP contribution in [0.15, 0.2) is 42.5 Å². The van der Waals surface area contributed by atoms with Crippen LogP contribution < -0.4 is 20.1 Å². The molecule has 0 saturated carbocycles. The van der Waals surface area contributed by atoms with Crippen LogP contribution in [0, 0.1) is 13.8 Å². The van der Waals surface area contributed by atoms with Crippen molar-refractivity contribution in [3.05, 3.63) is 86.2 Å². The van der Waals surface area contributed by atoms with Gasteiger partial charge >= 0.3 is 23.9 Å². The van der Waals surface area contributed by atoms with Crippen LogP contribution in [0.1, 0.15) is 91.2 Å². The smallest absolute Gasteiger partial charge is 0.352 e. The second-order valence-electron chi connectivity index (χ2n) is 14.2. The van der Waals surface area contributed by atoms with Gasteiger partial charge in [-0.1, -0.05) is 50.6 Å². The Morgan fingerprint density at radius 1 is 0.871 bits per heavy atom. The Hall–Kier alpha value is -5.97. The van der Waals surface area contributed by atoms with E-state index < -0.39 is 54.7 Å². The SMILES string of the molecule is C=C(CC)C(=O)c1ccc(OCC(=O)OC(C)C(=O)OC(C)C(=O)OC(C)C(=O)Oc2ccc3c(c2)/C(=C/c2[nH]c(C)c(C(=O)NCCN(CC)CC)c2C)C(=O)N3)c(Cl)c1Cl. The first kappa shape index (κ1) is 48.7. The lowest BCUT2D eigenvalue weighted by molar-refractivity contribution is -0.181. The van der Waals surface area contributed by atoms with E-state index in [9.17, 15) is 33.6 Å². The van der Waals surface area contributed by atoms with Crippen LogP contribution in [-0.4, -0.2) is 102 Å². The number of halogens is 2. The van der Waals surface area contributed by atoms with Gasteiger partial charge in [0.1, 0.15) is 16.5 Å². The Balaban J connectivity index is 1.30. The molecule has 0 radical (unpaired) electrons. The number of aromatic amines is 1. The van der Waals surface area contributed by atoms with E-state index in [1.54, 1.807) is 32.9 Å². The summed E-state index contributed by atoms with van der Waals surface area (Å²) in [6.07, 6.45) is -2.44. The quantitative estimate of drug-likeness (QED) is 0.0368. The van der Waals surface area contributed by atoms with Crippen LogP contribution in [0.3, 0.4) is 0 Å². The number of nitrogens with one attached hydrogen (secondary N) is 3. The first-order valence-corrected chi connectivity index (χ1v) is 20.6. The third kappa shape index (κ3) is 11.9. The van der Waals surface area contributed by atoms with Crippen LogP contribution in [0.25, 0.3) is 11.6 Å². The molecule has 3 unspecified atom stereocenters. The van der Waals surface area contributed by atoms with E-state index in [4.69, 9.17) is 46.9 Å². The first-order valence-electron chi connectivity index (χ1n) is 19.8. The van der Waals surface area contributed by atoms with Gasteiger partial charge in [0.25, 0.3) is 11.8 Å². The van der Waals surface area contributed by atoms with Gasteiger partial charge < -0.3 is 44.2 Å². The minimum Gasteiger partial charge on any atom is -0.480 e. The molecule has 1 aromatic heterocycles. The molecule has 16 nitrogen and oxygen atoms in total. The predicted octanol–water partition coefficient (Wildman–Crippen LogP) is 6.43. The number of H-pyrrole nitrogens is 1. The summed E-state index contributed by atoms with van der Waals surface area (Å²) in [5.74, 6) is -5.16. The van der Waals surface area contributed by atoms with Gasteiger partial charge in [0.2, 0.25) is 0 Å². The topological polar surface area (TPSA) is 209 Å². The van der Waals surface area contributed by atoms with Crippen LogP contribution >= 0.6 is 23.2 Å². The fourth-order valence-electron chi connectivity index (χ4n) is 6.15. The van der Waals surface area contributed by atoms with Crippen molar-refractivity contribution in [2.24, 2.45) is 0 Å². The summed E-state index contributed by atoms with van der Waals surface area (Å²) in [4.78, 5) is 94.8. The van der Waals surface area contributed by atoms with Gasteiger partial charge in [0, 0.05) is 41.3 Å². The molecule has 18 heteroatoms. The Labute approximate surface area is 369 Å². The van der Waals surface area contributed by atoms with Gasteiger partial charge in [-0.15, -0.1) is 0 Å². The van der Waals surface area contributed by atoms with Crippen LogP contribution in [0.2, 0.25) is 10.0 Å².